The number of carbonyl (C=O) groups excluding carboxylic acids is 2. The molecule has 0 saturated heterocycles. The topological polar surface area (TPSA) is 103 Å². The zero-order valence-electron chi connectivity index (χ0n) is 13.7. The molecule has 0 spiro atoms. The number of aromatic nitrogens is 2. The van der Waals surface area contributed by atoms with Gasteiger partial charge in [-0.25, -0.2) is 4.79 Å². The summed E-state index contributed by atoms with van der Waals surface area (Å²) in [7, 11) is 0. The summed E-state index contributed by atoms with van der Waals surface area (Å²) in [4.78, 5) is 36.6. The number of esters is 1. The first-order valence-electron chi connectivity index (χ1n) is 7.60. The lowest BCUT2D eigenvalue weighted by molar-refractivity contribution is -0.147. The molecule has 1 amide bonds. The van der Waals surface area contributed by atoms with Gasteiger partial charge in [0.2, 0.25) is 0 Å². The number of anilines is 1. The number of nitrogens with zero attached hydrogens (tertiary/aromatic N) is 2. The highest BCUT2D eigenvalue weighted by molar-refractivity contribution is 6.02. The minimum atomic E-state index is -0.747. The first-order valence-corrected chi connectivity index (χ1v) is 7.60. The third kappa shape index (κ3) is 3.70. The van der Waals surface area contributed by atoms with Crippen molar-refractivity contribution in [3.05, 3.63) is 46.2 Å². The number of hydrogen-bond donors (Lipinski definition) is 1. The van der Waals surface area contributed by atoms with Crippen molar-refractivity contribution in [2.45, 2.75) is 33.2 Å². The van der Waals surface area contributed by atoms with Crippen LogP contribution in [0.2, 0.25) is 0 Å². The molecular formula is C16H19N3O5. The van der Waals surface area contributed by atoms with E-state index in [1.807, 2.05) is 0 Å². The summed E-state index contributed by atoms with van der Waals surface area (Å²) < 4.78 is 11.1. The van der Waals surface area contributed by atoms with Crippen molar-refractivity contribution in [3.63, 3.8) is 0 Å². The first-order chi connectivity index (χ1) is 11.5. The van der Waals surface area contributed by atoms with Crippen LogP contribution >= 0.6 is 0 Å². The average Bonchev–Trinajstić information content (AvgIpc) is 2.98. The molecule has 8 heteroatoms. The summed E-state index contributed by atoms with van der Waals surface area (Å²) in [6.45, 7) is 5.36. The zero-order valence-corrected chi connectivity index (χ0v) is 13.7. The summed E-state index contributed by atoms with van der Waals surface area (Å²) >= 11 is 0. The molecular weight excluding hydrogens is 314 g/mol. The van der Waals surface area contributed by atoms with Crippen LogP contribution in [0, 0.1) is 6.92 Å². The Kier molecular flexibility index (Phi) is 5.51. The van der Waals surface area contributed by atoms with Gasteiger partial charge in [0.15, 0.2) is 5.69 Å². The van der Waals surface area contributed by atoms with Gasteiger partial charge in [-0.15, -0.1) is 0 Å². The Morgan fingerprint density at radius 3 is 2.75 bits per heavy atom. The molecule has 0 saturated carbocycles. The molecule has 2 rings (SSSR count). The van der Waals surface area contributed by atoms with Gasteiger partial charge < -0.3 is 14.6 Å². The fraction of sp³-hybridized carbons (Fsp3) is 0.375. The Morgan fingerprint density at radius 2 is 2.17 bits per heavy atom. The molecule has 0 fully saturated rings. The second-order valence-electron chi connectivity index (χ2n) is 5.09. The first kappa shape index (κ1) is 17.5. The van der Waals surface area contributed by atoms with Crippen LogP contribution in [0.1, 0.15) is 42.6 Å². The number of hydrogen-bond acceptors (Lipinski definition) is 6. The Morgan fingerprint density at radius 1 is 1.42 bits per heavy atom. The van der Waals surface area contributed by atoms with Crippen molar-refractivity contribution in [1.29, 1.82) is 0 Å². The lowest BCUT2D eigenvalue weighted by atomic mass is 10.2. The molecule has 24 heavy (non-hydrogen) atoms. The highest BCUT2D eigenvalue weighted by Crippen LogP contribution is 2.13. The molecule has 0 unspecified atom stereocenters. The van der Waals surface area contributed by atoms with Crippen LogP contribution in [0.5, 0.6) is 0 Å². The lowest BCUT2D eigenvalue weighted by Gasteiger charge is -2.17. The van der Waals surface area contributed by atoms with Crippen molar-refractivity contribution in [1.82, 2.24) is 9.72 Å². The number of ether oxygens (including phenoxy) is 1. The Labute approximate surface area is 138 Å². The van der Waals surface area contributed by atoms with E-state index in [1.54, 1.807) is 26.8 Å². The van der Waals surface area contributed by atoms with Crippen molar-refractivity contribution in [2.24, 2.45) is 0 Å². The molecule has 0 bridgehead atoms. The van der Waals surface area contributed by atoms with Crippen LogP contribution < -0.4 is 10.9 Å². The number of amides is 1. The lowest BCUT2D eigenvalue weighted by Crippen LogP contribution is -2.32. The molecule has 2 aromatic heterocycles. The standard InChI is InChI=1S/C16H19N3O5/c1-4-13(16(22)23-5-2)19-8-6-7-11(15(19)21)17-14(20)12-9-10(3)24-18-12/h6-9,13H,4-5H2,1-3H3,(H,17,20)/t13-/m1/s1. The van der Waals surface area contributed by atoms with Gasteiger partial charge in [-0.2, -0.15) is 0 Å². The molecule has 1 N–H and O–H groups in total. The Balaban J connectivity index is 2.28. The van der Waals surface area contributed by atoms with Gasteiger partial charge in [-0.05, 0) is 32.4 Å². The minimum absolute atomic E-state index is 0.0471. The van der Waals surface area contributed by atoms with Gasteiger partial charge >= 0.3 is 5.97 Å². The van der Waals surface area contributed by atoms with Crippen molar-refractivity contribution in [2.75, 3.05) is 11.9 Å². The monoisotopic (exact) mass is 333 g/mol. The molecule has 0 aliphatic rings. The van der Waals surface area contributed by atoms with E-state index < -0.39 is 23.5 Å². The predicted molar refractivity (Wildman–Crippen MR) is 85.9 cm³/mol. The quantitative estimate of drug-likeness (QED) is 0.810. The fourth-order valence-corrected chi connectivity index (χ4v) is 2.23. The molecule has 8 nitrogen and oxygen atoms in total. The van der Waals surface area contributed by atoms with E-state index >= 15 is 0 Å². The van der Waals surface area contributed by atoms with E-state index in [2.05, 4.69) is 10.5 Å². The summed E-state index contributed by atoms with van der Waals surface area (Å²) in [6.07, 6.45) is 1.88. The summed E-state index contributed by atoms with van der Waals surface area (Å²) in [5.74, 6) is -0.567. The smallest absolute Gasteiger partial charge is 0.329 e. The van der Waals surface area contributed by atoms with Gasteiger partial charge in [0.25, 0.3) is 11.5 Å². The minimum Gasteiger partial charge on any atom is -0.464 e. The maximum Gasteiger partial charge on any atom is 0.329 e. The second-order valence-corrected chi connectivity index (χ2v) is 5.09. The van der Waals surface area contributed by atoms with Crippen LogP contribution in [0.15, 0.2) is 33.7 Å². The van der Waals surface area contributed by atoms with E-state index in [4.69, 9.17) is 9.26 Å². The van der Waals surface area contributed by atoms with Crippen molar-refractivity contribution >= 4 is 17.6 Å². The molecule has 2 aromatic rings. The van der Waals surface area contributed by atoms with Crippen LogP contribution in [0.3, 0.4) is 0 Å². The number of pyridine rings is 1. The van der Waals surface area contributed by atoms with Crippen LogP contribution in [0.4, 0.5) is 5.69 Å². The van der Waals surface area contributed by atoms with Crippen molar-refractivity contribution in [3.8, 4) is 0 Å². The Bertz CT molecular complexity index is 793. The molecule has 0 radical (unpaired) electrons. The Hall–Kier alpha value is -2.90. The van der Waals surface area contributed by atoms with E-state index in [-0.39, 0.29) is 18.0 Å². The third-order valence-electron chi connectivity index (χ3n) is 3.36. The van der Waals surface area contributed by atoms with Gasteiger partial charge in [0.05, 0.1) is 6.61 Å². The van der Waals surface area contributed by atoms with E-state index in [9.17, 15) is 14.4 Å². The predicted octanol–water partition coefficient (Wildman–Crippen LogP) is 1.91. The van der Waals surface area contributed by atoms with E-state index in [0.29, 0.717) is 12.2 Å². The zero-order chi connectivity index (χ0) is 17.7. The molecule has 128 valence electrons. The fourth-order valence-electron chi connectivity index (χ4n) is 2.23. The maximum atomic E-state index is 12.5. The average molecular weight is 333 g/mol. The van der Waals surface area contributed by atoms with Crippen LogP contribution in [-0.4, -0.2) is 28.2 Å². The van der Waals surface area contributed by atoms with Gasteiger partial charge in [0, 0.05) is 12.3 Å². The molecule has 1 atom stereocenters. The van der Waals surface area contributed by atoms with Gasteiger partial charge in [-0.3, -0.25) is 14.2 Å². The maximum absolute atomic E-state index is 12.5. The van der Waals surface area contributed by atoms with Gasteiger partial charge in [0.1, 0.15) is 17.5 Å². The number of nitrogens with one attached hydrogen (secondary N) is 1. The number of rotatable bonds is 6. The largest absolute Gasteiger partial charge is 0.464 e. The summed E-state index contributed by atoms with van der Waals surface area (Å²) in [5.41, 5.74) is -0.378. The van der Waals surface area contributed by atoms with Gasteiger partial charge in [-0.1, -0.05) is 12.1 Å². The van der Waals surface area contributed by atoms with E-state index in [0.717, 1.165) is 0 Å². The molecule has 0 aliphatic carbocycles. The highest BCUT2D eigenvalue weighted by atomic mass is 16.5. The number of aryl methyl sites for hydroxylation is 1. The van der Waals surface area contributed by atoms with Crippen LogP contribution in [0.25, 0.3) is 0 Å². The molecule has 0 aliphatic heterocycles. The highest BCUT2D eigenvalue weighted by Gasteiger charge is 2.22. The third-order valence-corrected chi connectivity index (χ3v) is 3.36. The molecule has 2 heterocycles. The van der Waals surface area contributed by atoms with Crippen LogP contribution in [-0.2, 0) is 9.53 Å². The normalized spacial score (nSPS) is 11.8. The summed E-state index contributed by atoms with van der Waals surface area (Å²) in [5, 5.41) is 6.08. The summed E-state index contributed by atoms with van der Waals surface area (Å²) in [6, 6.07) is 3.75. The van der Waals surface area contributed by atoms with Crippen molar-refractivity contribution < 1.29 is 18.8 Å². The SMILES string of the molecule is CCOC(=O)[C@@H](CC)n1cccc(NC(=O)c2cc(C)on2)c1=O. The molecule has 0 aromatic carbocycles. The number of carbonyl (C=O) groups is 2. The van der Waals surface area contributed by atoms with E-state index in [1.165, 1.54) is 22.9 Å². The second kappa shape index (κ2) is 7.58.